The molecular weight excluding hydrogens is 1050 g/mol. The van der Waals surface area contributed by atoms with Crippen molar-refractivity contribution in [3.63, 3.8) is 0 Å². The van der Waals surface area contributed by atoms with E-state index in [-0.39, 0.29) is 51.1 Å². The van der Waals surface area contributed by atoms with Gasteiger partial charge in [0.1, 0.15) is 36.1 Å². The van der Waals surface area contributed by atoms with Crippen LogP contribution in [0.5, 0.6) is 5.88 Å². The van der Waals surface area contributed by atoms with Gasteiger partial charge in [-0.3, -0.25) is 23.9 Å². The van der Waals surface area contributed by atoms with E-state index >= 15 is 0 Å². The molecule has 0 aliphatic carbocycles. The number of esters is 1. The molecule has 7 aromatic rings. The molecule has 1 unspecified atom stereocenters. The van der Waals surface area contributed by atoms with Crippen LogP contribution in [0.1, 0.15) is 103 Å². The molecule has 0 radical (unpaired) electrons. The van der Waals surface area contributed by atoms with E-state index in [0.717, 1.165) is 76.5 Å². The van der Waals surface area contributed by atoms with Crippen molar-refractivity contribution in [1.82, 2.24) is 40.3 Å². The molecule has 17 nitrogen and oxygen atoms in total. The van der Waals surface area contributed by atoms with Gasteiger partial charge >= 0.3 is 5.97 Å². The van der Waals surface area contributed by atoms with Gasteiger partial charge in [-0.1, -0.05) is 93.0 Å². The highest BCUT2D eigenvalue weighted by molar-refractivity contribution is 7.15. The molecule has 1 fully saturated rings. The molecule has 0 saturated carbocycles. The van der Waals surface area contributed by atoms with Crippen LogP contribution >= 0.6 is 34.3 Å². The lowest BCUT2D eigenvalue weighted by atomic mass is 9.88. The Labute approximate surface area is 466 Å². The highest BCUT2D eigenvalue weighted by atomic mass is 35.5. The molecule has 5 atom stereocenters. The monoisotopic (exact) mass is 1110 g/mol. The Morgan fingerprint density at radius 3 is 2.31 bits per heavy atom. The summed E-state index contributed by atoms with van der Waals surface area (Å²) in [7, 11) is 0. The maximum Gasteiger partial charge on any atom is 0.332 e. The van der Waals surface area contributed by atoms with Crippen molar-refractivity contribution in [3.8, 4) is 32.4 Å². The summed E-state index contributed by atoms with van der Waals surface area (Å²) in [6, 6.07) is 25.1. The van der Waals surface area contributed by atoms with E-state index in [0.29, 0.717) is 16.7 Å². The molecule has 0 spiro atoms. The number of aliphatic imine (C=N–C) groups is 1. The number of aromatic nitrogens is 5. The Hall–Kier alpha value is -7.16. The lowest BCUT2D eigenvalue weighted by molar-refractivity contribution is -0.172. The Morgan fingerprint density at radius 1 is 0.885 bits per heavy atom. The van der Waals surface area contributed by atoms with Crippen molar-refractivity contribution in [1.29, 1.82) is 0 Å². The lowest BCUT2D eigenvalue weighted by Gasteiger charge is -2.34. The third-order valence-electron chi connectivity index (χ3n) is 13.8. The van der Waals surface area contributed by atoms with Gasteiger partial charge in [0.25, 0.3) is 5.91 Å². The molecule has 20 heteroatoms. The van der Waals surface area contributed by atoms with Crippen LogP contribution in [0.3, 0.4) is 0 Å². The number of nitrogens with one attached hydrogen (secondary N) is 2. The summed E-state index contributed by atoms with van der Waals surface area (Å²) in [6.07, 6.45) is -0.429. The molecule has 3 amide bonds. The number of carbonyl (C=O) groups is 4. The summed E-state index contributed by atoms with van der Waals surface area (Å²) in [5, 5.41) is 27.3. The normalized spacial score (nSPS) is 16.8. The van der Waals surface area contributed by atoms with Crippen molar-refractivity contribution in [2.45, 2.75) is 105 Å². The predicted molar refractivity (Wildman–Crippen MR) is 300 cm³/mol. The standard InChI is InChI=1S/C58H62ClN9O8S2/c1-32-35(4)78-57-50(32)51(40-17-19-43(59)20-18-40)64-45(54-66-65-36(5)68(54)57)27-47(70)63-33(2)38-13-15-39(16-14-38)42-21-22-60-48(25-42)75-24-23-74-30-49(71)76-53(58(6,7)8)56(73)67-29-44(69)26-46(67)55(72)61-28-37-9-11-41(12-10-37)52-34(3)62-31-77-52/h9-22,25,31,33,44-46,53,69H,23-24,26-30H2,1-8H3,(H,61,72)(H,63,70)/t33-,44-,45+,46+,53?/m1/s1. The third kappa shape index (κ3) is 12.6. The molecule has 2 aliphatic heterocycles. The van der Waals surface area contributed by atoms with Gasteiger partial charge in [0, 0.05) is 58.2 Å². The number of hydrogen-bond donors (Lipinski definition) is 3. The number of hydrogen-bond acceptors (Lipinski definition) is 15. The minimum atomic E-state index is -1.25. The van der Waals surface area contributed by atoms with Gasteiger partial charge in [-0.15, -0.1) is 32.9 Å². The third-order valence-corrected chi connectivity index (χ3v) is 16.3. The number of aryl methyl sites for hydroxylation is 3. The van der Waals surface area contributed by atoms with E-state index in [1.807, 2.05) is 104 Å². The molecule has 406 valence electrons. The van der Waals surface area contributed by atoms with Crippen LogP contribution < -0.4 is 15.4 Å². The van der Waals surface area contributed by atoms with Crippen LogP contribution in [0.2, 0.25) is 5.02 Å². The fraction of sp³-hybridized carbons (Fsp3) is 0.362. The van der Waals surface area contributed by atoms with Crippen molar-refractivity contribution >= 4 is 63.7 Å². The minimum absolute atomic E-state index is 0.0206. The summed E-state index contributed by atoms with van der Waals surface area (Å²) < 4.78 is 19.2. The zero-order chi connectivity index (χ0) is 55.4. The van der Waals surface area contributed by atoms with Gasteiger partial charge in [-0.2, -0.15) is 0 Å². The molecule has 4 aromatic heterocycles. The average Bonchev–Trinajstić information content (AvgIpc) is 4.40. The summed E-state index contributed by atoms with van der Waals surface area (Å²) in [5.74, 6) is -0.265. The van der Waals surface area contributed by atoms with E-state index < -0.39 is 54.1 Å². The molecule has 78 heavy (non-hydrogen) atoms. The first-order valence-corrected chi connectivity index (χ1v) is 27.8. The summed E-state index contributed by atoms with van der Waals surface area (Å²) in [5.41, 5.74) is 10.3. The molecule has 2 aliphatic rings. The van der Waals surface area contributed by atoms with Crippen LogP contribution in [-0.4, -0.2) is 109 Å². The van der Waals surface area contributed by atoms with E-state index in [1.54, 1.807) is 61.2 Å². The zero-order valence-electron chi connectivity index (χ0n) is 44.7. The molecule has 9 rings (SSSR count). The summed E-state index contributed by atoms with van der Waals surface area (Å²) in [6.45, 7) is 15.1. The first-order valence-electron chi connectivity index (χ1n) is 25.7. The number of fused-ring (bicyclic) bond motifs is 3. The van der Waals surface area contributed by atoms with Crippen LogP contribution in [-0.2, 0) is 35.2 Å². The summed E-state index contributed by atoms with van der Waals surface area (Å²) in [4.78, 5) is 72.0. The Kier molecular flexibility index (Phi) is 17.0. The number of β-amino-alcohol motifs (C(OH)–C–C–N with tert-alkyl or cyclic N) is 1. The first-order chi connectivity index (χ1) is 37.3. The first kappa shape index (κ1) is 55.6. The van der Waals surface area contributed by atoms with Crippen molar-refractivity contribution in [3.05, 3.63) is 152 Å². The van der Waals surface area contributed by atoms with Crippen molar-refractivity contribution in [2.75, 3.05) is 26.4 Å². The zero-order valence-corrected chi connectivity index (χ0v) is 47.1. The van der Waals surface area contributed by atoms with Gasteiger partial charge in [0.05, 0.1) is 47.0 Å². The highest BCUT2D eigenvalue weighted by Crippen LogP contribution is 2.40. The number of amides is 3. The van der Waals surface area contributed by atoms with E-state index in [9.17, 15) is 24.3 Å². The fourth-order valence-electron chi connectivity index (χ4n) is 9.56. The number of aliphatic hydroxyl groups is 1. The largest absolute Gasteiger partial charge is 0.475 e. The Morgan fingerprint density at radius 2 is 1.60 bits per heavy atom. The smallest absolute Gasteiger partial charge is 0.332 e. The number of ether oxygens (including phenoxy) is 3. The number of thiazole rings is 1. The number of benzene rings is 3. The van der Waals surface area contributed by atoms with Gasteiger partial charge < -0.3 is 34.9 Å². The minimum Gasteiger partial charge on any atom is -0.475 e. The lowest BCUT2D eigenvalue weighted by Crippen LogP contribution is -2.53. The second kappa shape index (κ2) is 23.8. The molecule has 0 bridgehead atoms. The summed E-state index contributed by atoms with van der Waals surface area (Å²) >= 11 is 9.51. The number of aliphatic hydroxyl groups excluding tert-OH is 1. The SMILES string of the molecule is Cc1ncsc1-c1ccc(CNC(=O)[C@@H]2C[C@@H](O)CN2C(=O)C(OC(=O)COCCOc2cc(-c3ccc([C@@H](C)NC(=O)C[C@@H]4N=C(c5ccc(Cl)cc5)c5c(sc(C)c5C)-n5c(C)nnc54)cc3)ccn2)C(C)(C)C)cc1. The van der Waals surface area contributed by atoms with E-state index in [1.165, 1.54) is 4.90 Å². The second-order valence-electron chi connectivity index (χ2n) is 20.6. The van der Waals surface area contributed by atoms with E-state index in [4.69, 9.17) is 30.8 Å². The van der Waals surface area contributed by atoms with Crippen LogP contribution in [0.4, 0.5) is 0 Å². The Balaban J connectivity index is 0.747. The molecule has 1 saturated heterocycles. The average molecular weight is 1110 g/mol. The van der Waals surface area contributed by atoms with Gasteiger partial charge in [0.15, 0.2) is 11.9 Å². The number of thiophene rings is 1. The molecule has 3 N–H and O–H groups in total. The number of pyridine rings is 1. The second-order valence-corrected chi connectivity index (χ2v) is 23.1. The van der Waals surface area contributed by atoms with Crippen LogP contribution in [0.25, 0.3) is 26.6 Å². The van der Waals surface area contributed by atoms with Crippen molar-refractivity contribution < 1.29 is 38.5 Å². The Bertz CT molecular complexity index is 3350. The molecule has 6 heterocycles. The van der Waals surface area contributed by atoms with Crippen molar-refractivity contribution in [2.24, 2.45) is 10.4 Å². The fourth-order valence-corrected chi connectivity index (χ4v) is 11.7. The van der Waals surface area contributed by atoms with Gasteiger partial charge in [-0.25, -0.2) is 14.8 Å². The maximum absolute atomic E-state index is 14.0. The number of carbonyl (C=O) groups excluding carboxylic acids is 4. The highest BCUT2D eigenvalue weighted by Gasteiger charge is 2.46. The molecule has 3 aromatic carbocycles. The number of halogens is 1. The predicted octanol–water partition coefficient (Wildman–Crippen LogP) is 9.19. The maximum atomic E-state index is 14.0. The van der Waals surface area contributed by atoms with Gasteiger partial charge in [0.2, 0.25) is 17.7 Å². The molecular formula is C58H62ClN9O8S2. The quantitative estimate of drug-likeness (QED) is 0.0542. The number of rotatable bonds is 18. The topological polar surface area (TPSA) is 212 Å². The van der Waals surface area contributed by atoms with Crippen LogP contribution in [0.15, 0.2) is 102 Å². The number of likely N-dealkylation sites (tertiary alicyclic amines) is 1. The van der Waals surface area contributed by atoms with E-state index in [2.05, 4.69) is 44.6 Å². The number of nitrogens with zero attached hydrogens (tertiary/aromatic N) is 7. The van der Waals surface area contributed by atoms with Crippen LogP contribution in [0, 0.1) is 33.1 Å². The van der Waals surface area contributed by atoms with Gasteiger partial charge in [-0.05, 0) is 86.2 Å².